The van der Waals surface area contributed by atoms with Crippen LogP contribution in [0.1, 0.15) is 30.1 Å². The molecule has 2 N–H and O–H groups in total. The number of amides is 3. The molecule has 3 amide bonds. The van der Waals surface area contributed by atoms with Gasteiger partial charge in [0.25, 0.3) is 5.91 Å². The molecule has 1 atom stereocenters. The molecule has 2 rings (SSSR count). The summed E-state index contributed by atoms with van der Waals surface area (Å²) in [5.74, 6) is -1.09. The smallest absolute Gasteiger partial charge is 0.253 e. The lowest BCUT2D eigenvalue weighted by Crippen LogP contribution is -2.46. The Kier molecular flexibility index (Phi) is 6.28. The van der Waals surface area contributed by atoms with Gasteiger partial charge in [0.2, 0.25) is 11.8 Å². The molecule has 0 radical (unpaired) electrons. The summed E-state index contributed by atoms with van der Waals surface area (Å²) in [4.78, 5) is 37.0. The maximum atomic E-state index is 13.0. The molecule has 7 heteroatoms. The van der Waals surface area contributed by atoms with Crippen molar-refractivity contribution in [2.24, 2.45) is 5.92 Å². The molecule has 1 aromatic carbocycles. The van der Waals surface area contributed by atoms with Crippen molar-refractivity contribution in [2.45, 2.75) is 19.8 Å². The highest BCUT2D eigenvalue weighted by atomic mass is 19.1. The van der Waals surface area contributed by atoms with E-state index in [2.05, 4.69) is 10.6 Å². The van der Waals surface area contributed by atoms with E-state index < -0.39 is 0 Å². The number of hydrogen-bond donors (Lipinski definition) is 2. The number of rotatable bonds is 5. The molecule has 1 saturated heterocycles. The molecule has 0 aliphatic carbocycles. The van der Waals surface area contributed by atoms with Gasteiger partial charge in [-0.25, -0.2) is 4.39 Å². The maximum absolute atomic E-state index is 13.0. The average Bonchev–Trinajstić information content (AvgIpc) is 2.58. The summed E-state index contributed by atoms with van der Waals surface area (Å²) in [5.41, 5.74) is 0.420. The Morgan fingerprint density at radius 2 is 1.83 bits per heavy atom. The average molecular weight is 335 g/mol. The second-order valence-corrected chi connectivity index (χ2v) is 5.87. The van der Waals surface area contributed by atoms with Gasteiger partial charge < -0.3 is 15.5 Å². The normalized spacial score (nSPS) is 17.2. The van der Waals surface area contributed by atoms with Gasteiger partial charge in [-0.3, -0.25) is 14.4 Å². The van der Waals surface area contributed by atoms with Gasteiger partial charge in [-0.05, 0) is 37.1 Å². The second-order valence-electron chi connectivity index (χ2n) is 5.87. The van der Waals surface area contributed by atoms with Crippen LogP contribution in [0, 0.1) is 11.7 Å². The second kappa shape index (κ2) is 8.42. The Morgan fingerprint density at radius 1 is 1.17 bits per heavy atom. The zero-order chi connectivity index (χ0) is 17.5. The number of carbonyl (C=O) groups excluding carboxylic acids is 3. The third kappa shape index (κ3) is 5.04. The van der Waals surface area contributed by atoms with Gasteiger partial charge in [-0.2, -0.15) is 0 Å². The molecule has 1 fully saturated rings. The molecule has 130 valence electrons. The van der Waals surface area contributed by atoms with Crippen molar-refractivity contribution in [3.63, 3.8) is 0 Å². The Morgan fingerprint density at radius 3 is 2.50 bits per heavy atom. The summed E-state index contributed by atoms with van der Waals surface area (Å²) in [6.07, 6.45) is 1.47. The predicted molar refractivity (Wildman–Crippen MR) is 86.7 cm³/mol. The summed E-state index contributed by atoms with van der Waals surface area (Å²) < 4.78 is 13.0. The first-order valence-corrected chi connectivity index (χ1v) is 8.04. The molecule has 0 bridgehead atoms. The number of nitrogens with one attached hydrogen (secondary N) is 2. The van der Waals surface area contributed by atoms with E-state index in [1.165, 1.54) is 31.2 Å². The summed E-state index contributed by atoms with van der Waals surface area (Å²) in [7, 11) is 0. The van der Waals surface area contributed by atoms with Crippen LogP contribution in [0.2, 0.25) is 0 Å². The van der Waals surface area contributed by atoms with Crippen molar-refractivity contribution in [3.05, 3.63) is 35.6 Å². The molecule has 0 spiro atoms. The third-order valence-electron chi connectivity index (χ3n) is 3.97. The standard InChI is InChI=1S/C17H22FN3O3/c1-12(22)19-8-9-20-16(23)14-3-2-10-21(11-14)17(24)13-4-6-15(18)7-5-13/h4-7,14H,2-3,8-11H2,1H3,(H,19,22)(H,20,23). The highest BCUT2D eigenvalue weighted by Gasteiger charge is 2.28. The van der Waals surface area contributed by atoms with E-state index >= 15 is 0 Å². The molecule has 1 aliphatic rings. The Bertz CT molecular complexity index is 604. The summed E-state index contributed by atoms with van der Waals surface area (Å²) in [6.45, 7) is 3.10. The molecule has 1 aliphatic heterocycles. The lowest BCUT2D eigenvalue weighted by Gasteiger charge is -2.32. The first kappa shape index (κ1) is 17.9. The molecule has 0 aromatic heterocycles. The molecule has 1 aromatic rings. The van der Waals surface area contributed by atoms with E-state index in [1.807, 2.05) is 0 Å². The van der Waals surface area contributed by atoms with Crippen molar-refractivity contribution in [1.29, 1.82) is 0 Å². The van der Waals surface area contributed by atoms with Crippen LogP contribution < -0.4 is 10.6 Å². The van der Waals surface area contributed by atoms with Crippen molar-refractivity contribution >= 4 is 17.7 Å². The van der Waals surface area contributed by atoms with Gasteiger partial charge in [0.15, 0.2) is 0 Å². The van der Waals surface area contributed by atoms with E-state index in [0.717, 1.165) is 12.8 Å². The van der Waals surface area contributed by atoms with Gasteiger partial charge in [-0.15, -0.1) is 0 Å². The minimum atomic E-state index is -0.387. The molecular weight excluding hydrogens is 313 g/mol. The van der Waals surface area contributed by atoms with Crippen LogP contribution >= 0.6 is 0 Å². The number of piperidine rings is 1. The highest BCUT2D eigenvalue weighted by molar-refractivity contribution is 5.94. The van der Waals surface area contributed by atoms with Crippen LogP contribution in [0.4, 0.5) is 4.39 Å². The fourth-order valence-corrected chi connectivity index (χ4v) is 2.72. The monoisotopic (exact) mass is 335 g/mol. The van der Waals surface area contributed by atoms with E-state index in [4.69, 9.17) is 0 Å². The van der Waals surface area contributed by atoms with Gasteiger partial charge in [0.1, 0.15) is 5.82 Å². The molecule has 1 heterocycles. The largest absolute Gasteiger partial charge is 0.355 e. The lowest BCUT2D eigenvalue weighted by molar-refractivity contribution is -0.126. The number of halogens is 1. The first-order chi connectivity index (χ1) is 11.5. The molecule has 0 saturated carbocycles. The van der Waals surface area contributed by atoms with Crippen LogP contribution in [0.3, 0.4) is 0 Å². The highest BCUT2D eigenvalue weighted by Crippen LogP contribution is 2.19. The molecule has 24 heavy (non-hydrogen) atoms. The number of nitrogens with zero attached hydrogens (tertiary/aromatic N) is 1. The van der Waals surface area contributed by atoms with Gasteiger partial charge >= 0.3 is 0 Å². The minimum Gasteiger partial charge on any atom is -0.355 e. The topological polar surface area (TPSA) is 78.5 Å². The van der Waals surface area contributed by atoms with E-state index in [9.17, 15) is 18.8 Å². The number of likely N-dealkylation sites (tertiary alicyclic amines) is 1. The third-order valence-corrected chi connectivity index (χ3v) is 3.97. The maximum Gasteiger partial charge on any atom is 0.253 e. The predicted octanol–water partition coefficient (Wildman–Crippen LogP) is 0.930. The molecule has 6 nitrogen and oxygen atoms in total. The van der Waals surface area contributed by atoms with Crippen molar-refractivity contribution in [1.82, 2.24) is 15.5 Å². The first-order valence-electron chi connectivity index (χ1n) is 8.04. The van der Waals surface area contributed by atoms with E-state index in [-0.39, 0.29) is 29.5 Å². The Balaban J connectivity index is 1.86. The minimum absolute atomic E-state index is 0.114. The van der Waals surface area contributed by atoms with Gasteiger partial charge in [-0.1, -0.05) is 0 Å². The number of hydrogen-bond acceptors (Lipinski definition) is 3. The van der Waals surface area contributed by atoms with Crippen molar-refractivity contribution < 1.29 is 18.8 Å². The van der Waals surface area contributed by atoms with Crippen LogP contribution in [0.15, 0.2) is 24.3 Å². The van der Waals surface area contributed by atoms with Crippen molar-refractivity contribution in [2.75, 3.05) is 26.2 Å². The lowest BCUT2D eigenvalue weighted by atomic mass is 9.96. The number of carbonyl (C=O) groups is 3. The van der Waals surface area contributed by atoms with Crippen LogP contribution in [-0.2, 0) is 9.59 Å². The van der Waals surface area contributed by atoms with Crippen LogP contribution in [0.25, 0.3) is 0 Å². The fourth-order valence-electron chi connectivity index (χ4n) is 2.72. The van der Waals surface area contributed by atoms with Crippen molar-refractivity contribution in [3.8, 4) is 0 Å². The van der Waals surface area contributed by atoms with Gasteiger partial charge in [0, 0.05) is 38.7 Å². The zero-order valence-corrected chi connectivity index (χ0v) is 13.7. The molecular formula is C17H22FN3O3. The van der Waals surface area contributed by atoms with E-state index in [0.29, 0.717) is 31.7 Å². The van der Waals surface area contributed by atoms with E-state index in [1.54, 1.807) is 4.90 Å². The summed E-state index contributed by atoms with van der Waals surface area (Å²) in [6, 6.07) is 5.41. The zero-order valence-electron chi connectivity index (χ0n) is 13.7. The Labute approximate surface area is 140 Å². The SMILES string of the molecule is CC(=O)NCCNC(=O)C1CCCN(C(=O)c2ccc(F)cc2)C1. The van der Waals surface area contributed by atoms with Crippen LogP contribution in [-0.4, -0.2) is 48.8 Å². The van der Waals surface area contributed by atoms with Gasteiger partial charge in [0.05, 0.1) is 5.92 Å². The quantitative estimate of drug-likeness (QED) is 0.786. The number of benzene rings is 1. The fraction of sp³-hybridized carbons (Fsp3) is 0.471. The summed E-state index contributed by atoms with van der Waals surface area (Å²) >= 11 is 0. The van der Waals surface area contributed by atoms with Crippen LogP contribution in [0.5, 0.6) is 0 Å². The summed E-state index contributed by atoms with van der Waals surface area (Å²) in [5, 5.41) is 5.38. The Hall–Kier alpha value is -2.44. The molecule has 1 unspecified atom stereocenters.